The smallest absolute Gasteiger partial charge is 0.131 e. The van der Waals surface area contributed by atoms with Gasteiger partial charge in [0.25, 0.3) is 0 Å². The van der Waals surface area contributed by atoms with Crippen LogP contribution in [0.25, 0.3) is 65.7 Å². The molecule has 0 N–H and O–H groups in total. The molecule has 0 saturated carbocycles. The molecule has 7 aromatic rings. The molecule has 0 unspecified atom stereocenters. The van der Waals surface area contributed by atoms with E-state index in [1.165, 1.54) is 28.6 Å². The van der Waals surface area contributed by atoms with Gasteiger partial charge >= 0.3 is 0 Å². The summed E-state index contributed by atoms with van der Waals surface area (Å²) < 4.78 is 29.5. The van der Waals surface area contributed by atoms with Gasteiger partial charge in [0.15, 0.2) is 0 Å². The van der Waals surface area contributed by atoms with Crippen LogP contribution in [0.4, 0.5) is 8.78 Å². The summed E-state index contributed by atoms with van der Waals surface area (Å²) in [6.45, 7) is 0. The Labute approximate surface area is 219 Å². The summed E-state index contributed by atoms with van der Waals surface area (Å²) in [5.74, 6) is -0.895. The summed E-state index contributed by atoms with van der Waals surface area (Å²) in [6.07, 6.45) is 0. The zero-order chi connectivity index (χ0) is 25.6. The minimum absolute atomic E-state index is 0.272. The van der Waals surface area contributed by atoms with Crippen molar-refractivity contribution >= 4 is 32.3 Å². The van der Waals surface area contributed by atoms with Gasteiger partial charge in [-0.25, -0.2) is 8.78 Å². The molecule has 0 saturated heterocycles. The minimum Gasteiger partial charge on any atom is -0.207 e. The summed E-state index contributed by atoms with van der Waals surface area (Å²) in [6, 6.07) is 43.1. The van der Waals surface area contributed by atoms with Gasteiger partial charge in [0.2, 0.25) is 0 Å². The average molecular weight is 493 g/mol. The van der Waals surface area contributed by atoms with Gasteiger partial charge in [-0.1, -0.05) is 115 Å². The Balaban J connectivity index is 1.63. The van der Waals surface area contributed by atoms with Crippen molar-refractivity contribution < 1.29 is 8.78 Å². The highest BCUT2D eigenvalue weighted by molar-refractivity contribution is 6.24. The van der Waals surface area contributed by atoms with Crippen molar-refractivity contribution in [1.82, 2.24) is 0 Å². The van der Waals surface area contributed by atoms with Crippen molar-refractivity contribution in [3.8, 4) is 33.4 Å². The lowest BCUT2D eigenvalue weighted by molar-refractivity contribution is 0.603. The standard InChI is InChI=1S/C36H22F2/c37-24-18-21-34(38)33(22-24)36-30-16-8-6-14-28(30)35(29-15-7-9-17-31(29)36)32-20-19-25(23-10-2-1-3-11-23)26-12-4-5-13-27(26)32/h1-22H. The molecule has 0 heterocycles. The minimum atomic E-state index is -0.457. The molecule has 0 amide bonds. The zero-order valence-electron chi connectivity index (χ0n) is 20.5. The number of halogens is 2. The molecule has 0 bridgehead atoms. The van der Waals surface area contributed by atoms with E-state index < -0.39 is 11.6 Å². The molecule has 0 aliphatic heterocycles. The average Bonchev–Trinajstić information content (AvgIpc) is 2.97. The predicted molar refractivity (Wildman–Crippen MR) is 155 cm³/mol. The third-order valence-corrected chi connectivity index (χ3v) is 7.41. The van der Waals surface area contributed by atoms with Crippen molar-refractivity contribution in [3.63, 3.8) is 0 Å². The van der Waals surface area contributed by atoms with E-state index in [2.05, 4.69) is 72.8 Å². The van der Waals surface area contributed by atoms with E-state index in [9.17, 15) is 4.39 Å². The molecule has 0 aromatic heterocycles. The molecule has 7 rings (SSSR count). The van der Waals surface area contributed by atoms with Gasteiger partial charge in [0.05, 0.1) is 0 Å². The predicted octanol–water partition coefficient (Wildman–Crippen LogP) is 10.4. The SMILES string of the molecule is Fc1ccc(F)c(-c2c3ccccc3c(-c3ccc(-c4ccccc4)c4ccccc34)c3ccccc23)c1. The largest absolute Gasteiger partial charge is 0.207 e. The molecule has 7 aromatic carbocycles. The Kier molecular flexibility index (Phi) is 5.26. The van der Waals surface area contributed by atoms with Crippen LogP contribution in [0.15, 0.2) is 133 Å². The lowest BCUT2D eigenvalue weighted by Gasteiger charge is -2.20. The van der Waals surface area contributed by atoms with Crippen molar-refractivity contribution in [3.05, 3.63) is 145 Å². The molecule has 0 spiro atoms. The van der Waals surface area contributed by atoms with E-state index in [0.29, 0.717) is 5.56 Å². The summed E-state index contributed by atoms with van der Waals surface area (Å²) in [5.41, 5.74) is 5.53. The second kappa shape index (κ2) is 8.93. The first-order valence-electron chi connectivity index (χ1n) is 12.7. The lowest BCUT2D eigenvalue weighted by atomic mass is 9.83. The van der Waals surface area contributed by atoms with Gasteiger partial charge in [0, 0.05) is 11.1 Å². The van der Waals surface area contributed by atoms with E-state index in [1.807, 2.05) is 42.5 Å². The maximum atomic E-state index is 15.2. The van der Waals surface area contributed by atoms with Crippen molar-refractivity contribution in [2.75, 3.05) is 0 Å². The normalized spacial score (nSPS) is 11.4. The van der Waals surface area contributed by atoms with Gasteiger partial charge in [-0.15, -0.1) is 0 Å². The maximum absolute atomic E-state index is 15.2. The first-order chi connectivity index (χ1) is 18.7. The van der Waals surface area contributed by atoms with Gasteiger partial charge in [-0.2, -0.15) is 0 Å². The summed E-state index contributed by atoms with van der Waals surface area (Å²) >= 11 is 0. The molecule has 2 heteroatoms. The number of hydrogen-bond acceptors (Lipinski definition) is 0. The fourth-order valence-electron chi connectivity index (χ4n) is 5.78. The fourth-order valence-corrected chi connectivity index (χ4v) is 5.78. The van der Waals surface area contributed by atoms with Gasteiger partial charge in [-0.3, -0.25) is 0 Å². The zero-order valence-corrected chi connectivity index (χ0v) is 20.5. The van der Waals surface area contributed by atoms with Crippen LogP contribution in [-0.4, -0.2) is 0 Å². The van der Waals surface area contributed by atoms with Crippen LogP contribution in [0.1, 0.15) is 0 Å². The third-order valence-electron chi connectivity index (χ3n) is 7.41. The Morgan fingerprint density at radius 2 is 0.789 bits per heavy atom. The number of hydrogen-bond donors (Lipinski definition) is 0. The highest BCUT2D eigenvalue weighted by Gasteiger charge is 2.20. The molecule has 0 radical (unpaired) electrons. The van der Waals surface area contributed by atoms with Crippen LogP contribution >= 0.6 is 0 Å². The van der Waals surface area contributed by atoms with Gasteiger partial charge < -0.3 is 0 Å². The molecule has 0 aliphatic rings. The summed E-state index contributed by atoms with van der Waals surface area (Å²) in [4.78, 5) is 0. The number of fused-ring (bicyclic) bond motifs is 3. The number of benzene rings is 7. The summed E-state index contributed by atoms with van der Waals surface area (Å²) in [7, 11) is 0. The molecule has 38 heavy (non-hydrogen) atoms. The van der Waals surface area contributed by atoms with Crippen LogP contribution in [0.2, 0.25) is 0 Å². The molecule has 0 nitrogen and oxygen atoms in total. The van der Waals surface area contributed by atoms with Crippen LogP contribution in [0.5, 0.6) is 0 Å². The van der Waals surface area contributed by atoms with E-state index >= 15 is 4.39 Å². The molecule has 0 atom stereocenters. The molecular weight excluding hydrogens is 470 g/mol. The maximum Gasteiger partial charge on any atom is 0.131 e. The Morgan fingerprint density at radius 3 is 1.37 bits per heavy atom. The van der Waals surface area contributed by atoms with E-state index in [0.717, 1.165) is 44.1 Å². The fraction of sp³-hybridized carbons (Fsp3) is 0. The Bertz CT molecular complexity index is 1930. The first-order valence-corrected chi connectivity index (χ1v) is 12.7. The van der Waals surface area contributed by atoms with Crippen molar-refractivity contribution in [2.45, 2.75) is 0 Å². The monoisotopic (exact) mass is 492 g/mol. The molecule has 180 valence electrons. The van der Waals surface area contributed by atoms with E-state index in [-0.39, 0.29) is 5.56 Å². The van der Waals surface area contributed by atoms with Gasteiger partial charge in [0.1, 0.15) is 11.6 Å². The Morgan fingerprint density at radius 1 is 0.342 bits per heavy atom. The topological polar surface area (TPSA) is 0 Å². The molecular formula is C36H22F2. The van der Waals surface area contributed by atoms with Crippen LogP contribution < -0.4 is 0 Å². The highest BCUT2D eigenvalue weighted by atomic mass is 19.1. The van der Waals surface area contributed by atoms with Crippen LogP contribution in [0, 0.1) is 11.6 Å². The van der Waals surface area contributed by atoms with E-state index in [4.69, 9.17) is 0 Å². The molecule has 0 aliphatic carbocycles. The quantitative estimate of drug-likeness (QED) is 0.215. The second-order valence-electron chi connectivity index (χ2n) is 9.54. The summed E-state index contributed by atoms with van der Waals surface area (Å²) in [5, 5.41) is 6.10. The van der Waals surface area contributed by atoms with E-state index in [1.54, 1.807) is 0 Å². The number of rotatable bonds is 3. The first kappa shape index (κ1) is 22.4. The van der Waals surface area contributed by atoms with Crippen molar-refractivity contribution in [2.24, 2.45) is 0 Å². The third kappa shape index (κ3) is 3.49. The van der Waals surface area contributed by atoms with Crippen LogP contribution in [0.3, 0.4) is 0 Å². The highest BCUT2D eigenvalue weighted by Crippen LogP contribution is 2.46. The van der Waals surface area contributed by atoms with Gasteiger partial charge in [-0.05, 0) is 72.8 Å². The van der Waals surface area contributed by atoms with Crippen LogP contribution in [-0.2, 0) is 0 Å². The Hall–Kier alpha value is -4.82. The molecule has 0 fully saturated rings. The second-order valence-corrected chi connectivity index (χ2v) is 9.54. The lowest BCUT2D eigenvalue weighted by Crippen LogP contribution is -1.94. The van der Waals surface area contributed by atoms with Crippen molar-refractivity contribution in [1.29, 1.82) is 0 Å².